The molecule has 0 spiro atoms. The summed E-state index contributed by atoms with van der Waals surface area (Å²) in [6.07, 6.45) is 0.406. The molecule has 0 amide bonds. The number of ether oxygens (including phenoxy) is 3. The van der Waals surface area contributed by atoms with Crippen molar-refractivity contribution in [3.8, 4) is 0 Å². The van der Waals surface area contributed by atoms with Crippen LogP contribution in [0.5, 0.6) is 0 Å². The van der Waals surface area contributed by atoms with E-state index in [4.69, 9.17) is 14.2 Å². The van der Waals surface area contributed by atoms with Crippen molar-refractivity contribution in [3.05, 3.63) is 0 Å². The maximum absolute atomic E-state index is 11.6. The van der Waals surface area contributed by atoms with Crippen LogP contribution in [0.2, 0.25) is 0 Å². The molecule has 0 N–H and O–H groups in total. The van der Waals surface area contributed by atoms with Crippen LogP contribution >= 0.6 is 0 Å². The van der Waals surface area contributed by atoms with E-state index < -0.39 is 18.2 Å². The number of cyclic esters (lactones) is 1. The molecule has 0 aromatic carbocycles. The zero-order valence-electron chi connectivity index (χ0n) is 9.73. The van der Waals surface area contributed by atoms with Crippen LogP contribution < -0.4 is 0 Å². The number of hydrogen-bond donors (Lipinski definition) is 0. The van der Waals surface area contributed by atoms with Crippen LogP contribution in [-0.4, -0.2) is 37.4 Å². The molecule has 0 bridgehead atoms. The monoisotopic (exact) mass is 230 g/mol. The normalized spacial score (nSPS) is 21.6. The van der Waals surface area contributed by atoms with E-state index >= 15 is 0 Å². The average molecular weight is 230 g/mol. The van der Waals surface area contributed by atoms with Crippen LogP contribution in [0, 0.1) is 0 Å². The molecule has 0 aliphatic carbocycles. The van der Waals surface area contributed by atoms with Gasteiger partial charge in [-0.2, -0.15) is 0 Å². The quantitative estimate of drug-likeness (QED) is 0.638. The zero-order valence-corrected chi connectivity index (χ0v) is 9.73. The molecule has 5 nitrogen and oxygen atoms in total. The SMILES string of the molecule is CCCO[C@@H](C(=O)OCC)[C@@H]1CCC(=O)O1. The van der Waals surface area contributed by atoms with Gasteiger partial charge in [-0.25, -0.2) is 4.79 Å². The lowest BCUT2D eigenvalue weighted by Gasteiger charge is -2.20. The molecule has 92 valence electrons. The third-order valence-corrected chi connectivity index (χ3v) is 2.27. The Morgan fingerprint density at radius 1 is 1.56 bits per heavy atom. The van der Waals surface area contributed by atoms with Crippen LogP contribution in [0.3, 0.4) is 0 Å². The molecule has 2 atom stereocenters. The predicted octanol–water partition coefficient (Wildman–Crippen LogP) is 1.05. The fourth-order valence-corrected chi connectivity index (χ4v) is 1.56. The second-order valence-corrected chi connectivity index (χ2v) is 3.61. The van der Waals surface area contributed by atoms with Crippen molar-refractivity contribution >= 4 is 11.9 Å². The highest BCUT2D eigenvalue weighted by Crippen LogP contribution is 2.20. The van der Waals surface area contributed by atoms with Gasteiger partial charge < -0.3 is 14.2 Å². The van der Waals surface area contributed by atoms with Gasteiger partial charge in [0, 0.05) is 13.0 Å². The second-order valence-electron chi connectivity index (χ2n) is 3.61. The number of rotatable bonds is 6. The highest BCUT2D eigenvalue weighted by atomic mass is 16.6. The van der Waals surface area contributed by atoms with Gasteiger partial charge in [0.25, 0.3) is 0 Å². The number of carbonyl (C=O) groups excluding carboxylic acids is 2. The third-order valence-electron chi connectivity index (χ3n) is 2.27. The van der Waals surface area contributed by atoms with Crippen LogP contribution in [0.25, 0.3) is 0 Å². The van der Waals surface area contributed by atoms with Crippen molar-refractivity contribution < 1.29 is 23.8 Å². The van der Waals surface area contributed by atoms with Crippen LogP contribution in [0.4, 0.5) is 0 Å². The van der Waals surface area contributed by atoms with E-state index in [2.05, 4.69) is 0 Å². The van der Waals surface area contributed by atoms with E-state index in [-0.39, 0.29) is 5.97 Å². The van der Waals surface area contributed by atoms with Gasteiger partial charge in [-0.1, -0.05) is 6.92 Å². The Balaban J connectivity index is 2.55. The summed E-state index contributed by atoms with van der Waals surface area (Å²) >= 11 is 0. The van der Waals surface area contributed by atoms with Crippen molar-refractivity contribution in [3.63, 3.8) is 0 Å². The van der Waals surface area contributed by atoms with E-state index in [0.717, 1.165) is 6.42 Å². The maximum Gasteiger partial charge on any atom is 0.339 e. The highest BCUT2D eigenvalue weighted by Gasteiger charge is 2.37. The first-order valence-corrected chi connectivity index (χ1v) is 5.66. The van der Waals surface area contributed by atoms with Crippen molar-refractivity contribution in [1.82, 2.24) is 0 Å². The van der Waals surface area contributed by atoms with E-state index in [1.807, 2.05) is 6.92 Å². The molecule has 16 heavy (non-hydrogen) atoms. The van der Waals surface area contributed by atoms with Gasteiger partial charge in [0.15, 0.2) is 6.10 Å². The Labute approximate surface area is 95.0 Å². The lowest BCUT2D eigenvalue weighted by Crippen LogP contribution is -2.38. The van der Waals surface area contributed by atoms with Gasteiger partial charge in [0.1, 0.15) is 6.10 Å². The molecule has 5 heteroatoms. The molecule has 1 aliphatic heterocycles. The molecule has 0 unspecified atom stereocenters. The molecule has 1 rings (SSSR count). The minimum atomic E-state index is -0.772. The lowest BCUT2D eigenvalue weighted by atomic mass is 10.1. The first-order chi connectivity index (χ1) is 7.69. The Morgan fingerprint density at radius 2 is 2.31 bits per heavy atom. The van der Waals surface area contributed by atoms with Crippen molar-refractivity contribution in [2.45, 2.75) is 45.3 Å². The average Bonchev–Trinajstić information content (AvgIpc) is 2.66. The number of carbonyl (C=O) groups is 2. The van der Waals surface area contributed by atoms with E-state index in [9.17, 15) is 9.59 Å². The Hall–Kier alpha value is -1.10. The minimum absolute atomic E-state index is 0.278. The predicted molar refractivity (Wildman–Crippen MR) is 55.8 cm³/mol. The molecule has 1 fully saturated rings. The van der Waals surface area contributed by atoms with Gasteiger partial charge in [0.05, 0.1) is 6.61 Å². The van der Waals surface area contributed by atoms with E-state index in [0.29, 0.717) is 26.1 Å². The summed E-state index contributed by atoms with van der Waals surface area (Å²) in [4.78, 5) is 22.6. The third kappa shape index (κ3) is 3.48. The highest BCUT2D eigenvalue weighted by molar-refractivity contribution is 5.78. The summed E-state index contributed by atoms with van der Waals surface area (Å²) in [7, 11) is 0. The molecule has 0 aromatic heterocycles. The summed E-state index contributed by atoms with van der Waals surface area (Å²) in [5.41, 5.74) is 0. The molecule has 1 aliphatic rings. The first kappa shape index (κ1) is 13.0. The van der Waals surface area contributed by atoms with Gasteiger partial charge in [-0.05, 0) is 19.8 Å². The van der Waals surface area contributed by atoms with Gasteiger partial charge in [-0.15, -0.1) is 0 Å². The Kier molecular flexibility index (Phi) is 5.25. The van der Waals surface area contributed by atoms with Gasteiger partial charge >= 0.3 is 11.9 Å². The molecule has 0 saturated carbocycles. The molecular formula is C11H18O5. The molecule has 1 heterocycles. The van der Waals surface area contributed by atoms with Crippen LogP contribution in [0.15, 0.2) is 0 Å². The van der Waals surface area contributed by atoms with Crippen LogP contribution in [0.1, 0.15) is 33.1 Å². The van der Waals surface area contributed by atoms with E-state index in [1.54, 1.807) is 6.92 Å². The van der Waals surface area contributed by atoms with Gasteiger partial charge in [-0.3, -0.25) is 4.79 Å². The number of hydrogen-bond acceptors (Lipinski definition) is 5. The number of esters is 2. The van der Waals surface area contributed by atoms with Gasteiger partial charge in [0.2, 0.25) is 0 Å². The summed E-state index contributed by atoms with van der Waals surface area (Å²) < 4.78 is 15.3. The zero-order chi connectivity index (χ0) is 12.0. The minimum Gasteiger partial charge on any atom is -0.464 e. The largest absolute Gasteiger partial charge is 0.464 e. The fraction of sp³-hybridized carbons (Fsp3) is 0.818. The summed E-state index contributed by atoms with van der Waals surface area (Å²) in [6.45, 7) is 4.43. The topological polar surface area (TPSA) is 61.8 Å². The smallest absolute Gasteiger partial charge is 0.339 e. The van der Waals surface area contributed by atoms with Crippen molar-refractivity contribution in [2.75, 3.05) is 13.2 Å². The molecular weight excluding hydrogens is 212 g/mol. The standard InChI is InChI=1S/C11H18O5/c1-3-7-15-10(11(13)14-4-2)8-5-6-9(12)16-8/h8,10H,3-7H2,1-2H3/t8-,10+/m0/s1. The molecule has 0 aromatic rings. The summed E-state index contributed by atoms with van der Waals surface area (Å²) in [6, 6.07) is 0. The van der Waals surface area contributed by atoms with Crippen LogP contribution in [-0.2, 0) is 23.8 Å². The Bertz CT molecular complexity index is 251. The van der Waals surface area contributed by atoms with E-state index in [1.165, 1.54) is 0 Å². The Morgan fingerprint density at radius 3 is 2.81 bits per heavy atom. The second kappa shape index (κ2) is 6.48. The first-order valence-electron chi connectivity index (χ1n) is 5.66. The maximum atomic E-state index is 11.6. The summed E-state index contributed by atoms with van der Waals surface area (Å²) in [5.74, 6) is -0.727. The molecule has 0 radical (unpaired) electrons. The summed E-state index contributed by atoms with van der Waals surface area (Å²) in [5, 5.41) is 0. The van der Waals surface area contributed by atoms with Crippen molar-refractivity contribution in [1.29, 1.82) is 0 Å². The molecule has 1 saturated heterocycles. The van der Waals surface area contributed by atoms with Crippen molar-refractivity contribution in [2.24, 2.45) is 0 Å². The fourth-order valence-electron chi connectivity index (χ4n) is 1.56. The lowest BCUT2D eigenvalue weighted by molar-refractivity contribution is -0.168.